The van der Waals surface area contributed by atoms with Crippen LogP contribution in [0.1, 0.15) is 34.1 Å². The van der Waals surface area contributed by atoms with Crippen molar-refractivity contribution in [3.63, 3.8) is 0 Å². The maximum Gasteiger partial charge on any atom is 0.226 e. The summed E-state index contributed by atoms with van der Waals surface area (Å²) in [6.07, 6.45) is 1.61. The second-order valence-corrected chi connectivity index (χ2v) is 5.83. The van der Waals surface area contributed by atoms with Crippen LogP contribution in [0.25, 0.3) is 11.5 Å². The van der Waals surface area contributed by atoms with Crippen molar-refractivity contribution < 1.29 is 13.9 Å². The van der Waals surface area contributed by atoms with E-state index in [2.05, 4.69) is 18.0 Å². The molecule has 122 valence electrons. The average Bonchev–Trinajstić information content (AvgIpc) is 3.02. The summed E-state index contributed by atoms with van der Waals surface area (Å²) in [5.74, 6) is 1.32. The summed E-state index contributed by atoms with van der Waals surface area (Å²) < 4.78 is 11.3. The van der Waals surface area contributed by atoms with Gasteiger partial charge in [0.1, 0.15) is 24.3 Å². The molecule has 1 heterocycles. The summed E-state index contributed by atoms with van der Waals surface area (Å²) in [5.41, 5.74) is 4.71. The Bertz CT molecular complexity index is 863. The van der Waals surface area contributed by atoms with Crippen molar-refractivity contribution in [3.8, 4) is 17.2 Å². The largest absolute Gasteiger partial charge is 0.487 e. The third kappa shape index (κ3) is 3.54. The zero-order chi connectivity index (χ0) is 17.1. The predicted molar refractivity (Wildman–Crippen MR) is 92.2 cm³/mol. The molecule has 0 aliphatic carbocycles. The summed E-state index contributed by atoms with van der Waals surface area (Å²) in [4.78, 5) is 15.7. The average molecular weight is 321 g/mol. The molecule has 0 saturated heterocycles. The summed E-state index contributed by atoms with van der Waals surface area (Å²) in [5, 5.41) is 0. The van der Waals surface area contributed by atoms with Gasteiger partial charge in [-0.2, -0.15) is 0 Å². The molecule has 0 atom stereocenters. The molecular formula is C20H19NO3. The number of aromatic nitrogens is 1. The topological polar surface area (TPSA) is 52.3 Å². The quantitative estimate of drug-likeness (QED) is 0.637. The first-order valence-corrected chi connectivity index (χ1v) is 7.79. The van der Waals surface area contributed by atoms with E-state index >= 15 is 0 Å². The highest BCUT2D eigenvalue weighted by atomic mass is 16.5. The van der Waals surface area contributed by atoms with Crippen LogP contribution in [0.2, 0.25) is 0 Å². The number of benzene rings is 2. The van der Waals surface area contributed by atoms with Crippen molar-refractivity contribution >= 4 is 5.78 Å². The minimum absolute atomic E-state index is 0.0381. The molecule has 4 heteroatoms. The summed E-state index contributed by atoms with van der Waals surface area (Å²) in [6.45, 7) is 5.95. The third-order valence-electron chi connectivity index (χ3n) is 3.81. The zero-order valence-corrected chi connectivity index (χ0v) is 14.0. The van der Waals surface area contributed by atoms with Crippen LogP contribution in [0.4, 0.5) is 0 Å². The van der Waals surface area contributed by atoms with Crippen LogP contribution < -0.4 is 4.74 Å². The summed E-state index contributed by atoms with van der Waals surface area (Å²) in [7, 11) is 0. The minimum atomic E-state index is 0.0381. The van der Waals surface area contributed by atoms with Crippen LogP contribution in [0.3, 0.4) is 0 Å². The fourth-order valence-corrected chi connectivity index (χ4v) is 2.49. The Kier molecular flexibility index (Phi) is 4.47. The molecule has 0 radical (unpaired) electrons. The van der Waals surface area contributed by atoms with Crippen molar-refractivity contribution in [1.82, 2.24) is 4.98 Å². The molecule has 0 N–H and O–H groups in total. The second-order valence-electron chi connectivity index (χ2n) is 5.83. The Morgan fingerprint density at radius 2 is 1.88 bits per heavy atom. The van der Waals surface area contributed by atoms with Gasteiger partial charge in [-0.1, -0.05) is 17.7 Å². The number of oxazole rings is 1. The Hall–Kier alpha value is -2.88. The van der Waals surface area contributed by atoms with Gasteiger partial charge in [-0.25, -0.2) is 4.98 Å². The van der Waals surface area contributed by atoms with Crippen molar-refractivity contribution in [2.45, 2.75) is 27.4 Å². The molecule has 3 aromatic rings. The van der Waals surface area contributed by atoms with E-state index in [1.165, 1.54) is 5.56 Å². The normalized spacial score (nSPS) is 10.6. The number of aryl methyl sites for hydroxylation is 2. The van der Waals surface area contributed by atoms with Gasteiger partial charge in [-0.05, 0) is 56.7 Å². The summed E-state index contributed by atoms with van der Waals surface area (Å²) in [6, 6.07) is 13.2. The van der Waals surface area contributed by atoms with E-state index in [0.717, 1.165) is 16.8 Å². The van der Waals surface area contributed by atoms with Gasteiger partial charge in [-0.15, -0.1) is 0 Å². The molecular weight excluding hydrogens is 302 g/mol. The number of ketones is 1. The van der Waals surface area contributed by atoms with Crippen LogP contribution in [-0.4, -0.2) is 10.8 Å². The molecule has 0 saturated carbocycles. The van der Waals surface area contributed by atoms with Crippen molar-refractivity contribution in [1.29, 1.82) is 0 Å². The highest BCUT2D eigenvalue weighted by Crippen LogP contribution is 2.24. The standard InChI is InChI=1S/C20H19NO3/c1-13-4-9-19(14(2)10-13)20-21-17(12-24-20)11-23-18-7-5-16(6-8-18)15(3)22/h4-10,12H,11H2,1-3H3. The second kappa shape index (κ2) is 6.71. The number of nitrogens with zero attached hydrogens (tertiary/aromatic N) is 1. The SMILES string of the molecule is CC(=O)c1ccc(OCc2coc(-c3ccc(C)cc3C)n2)cc1. The van der Waals surface area contributed by atoms with E-state index in [1.807, 2.05) is 19.1 Å². The maximum atomic E-state index is 11.3. The van der Waals surface area contributed by atoms with Crippen LogP contribution >= 0.6 is 0 Å². The summed E-state index contributed by atoms with van der Waals surface area (Å²) >= 11 is 0. The molecule has 3 rings (SSSR count). The van der Waals surface area contributed by atoms with Gasteiger partial charge in [0.25, 0.3) is 0 Å². The molecule has 2 aromatic carbocycles. The molecule has 0 aliphatic heterocycles. The lowest BCUT2D eigenvalue weighted by molar-refractivity contribution is 0.101. The van der Waals surface area contributed by atoms with Crippen molar-refractivity contribution in [2.75, 3.05) is 0 Å². The Morgan fingerprint density at radius 1 is 1.12 bits per heavy atom. The van der Waals surface area contributed by atoms with Gasteiger partial charge >= 0.3 is 0 Å². The van der Waals surface area contributed by atoms with E-state index in [0.29, 0.717) is 23.8 Å². The van der Waals surface area contributed by atoms with Crippen LogP contribution in [-0.2, 0) is 6.61 Å². The van der Waals surface area contributed by atoms with Gasteiger partial charge in [0.15, 0.2) is 5.78 Å². The molecule has 0 fully saturated rings. The number of Topliss-reactive ketones (excluding diaryl/α,β-unsaturated/α-hetero) is 1. The number of rotatable bonds is 5. The molecule has 0 unspecified atom stereocenters. The monoisotopic (exact) mass is 321 g/mol. The number of carbonyl (C=O) groups excluding carboxylic acids is 1. The molecule has 4 nitrogen and oxygen atoms in total. The predicted octanol–water partition coefficient (Wildman–Crippen LogP) is 4.74. The van der Waals surface area contributed by atoms with Crippen LogP contribution in [0.5, 0.6) is 5.75 Å². The lowest BCUT2D eigenvalue weighted by atomic mass is 10.1. The molecule has 0 bridgehead atoms. The van der Waals surface area contributed by atoms with Gasteiger partial charge in [0.05, 0.1) is 0 Å². The van der Waals surface area contributed by atoms with Gasteiger partial charge in [0.2, 0.25) is 5.89 Å². The highest BCUT2D eigenvalue weighted by molar-refractivity contribution is 5.94. The number of hydrogen-bond acceptors (Lipinski definition) is 4. The van der Waals surface area contributed by atoms with Crippen LogP contribution in [0, 0.1) is 13.8 Å². The van der Waals surface area contributed by atoms with Gasteiger partial charge < -0.3 is 9.15 Å². The number of ether oxygens (including phenoxy) is 1. The number of carbonyl (C=O) groups is 1. The molecule has 24 heavy (non-hydrogen) atoms. The molecule has 0 aliphatic rings. The van der Waals surface area contributed by atoms with Crippen molar-refractivity contribution in [3.05, 3.63) is 71.1 Å². The van der Waals surface area contributed by atoms with E-state index in [-0.39, 0.29) is 5.78 Å². The first-order chi connectivity index (χ1) is 11.5. The van der Waals surface area contributed by atoms with E-state index in [1.54, 1.807) is 37.5 Å². The third-order valence-corrected chi connectivity index (χ3v) is 3.81. The smallest absolute Gasteiger partial charge is 0.226 e. The van der Waals surface area contributed by atoms with Crippen LogP contribution in [0.15, 0.2) is 53.1 Å². The zero-order valence-electron chi connectivity index (χ0n) is 14.0. The lowest BCUT2D eigenvalue weighted by Gasteiger charge is -2.04. The van der Waals surface area contributed by atoms with E-state index in [9.17, 15) is 4.79 Å². The Balaban J connectivity index is 1.69. The molecule has 0 amide bonds. The minimum Gasteiger partial charge on any atom is -0.487 e. The fraction of sp³-hybridized carbons (Fsp3) is 0.200. The fourth-order valence-electron chi connectivity index (χ4n) is 2.49. The van der Waals surface area contributed by atoms with E-state index in [4.69, 9.17) is 9.15 Å². The Labute approximate surface area is 141 Å². The Morgan fingerprint density at radius 3 is 2.54 bits per heavy atom. The lowest BCUT2D eigenvalue weighted by Crippen LogP contribution is -1.97. The maximum absolute atomic E-state index is 11.3. The molecule has 1 aromatic heterocycles. The first kappa shape index (κ1) is 16.0. The number of hydrogen-bond donors (Lipinski definition) is 0. The van der Waals surface area contributed by atoms with E-state index < -0.39 is 0 Å². The highest BCUT2D eigenvalue weighted by Gasteiger charge is 2.10. The van der Waals surface area contributed by atoms with Crippen molar-refractivity contribution in [2.24, 2.45) is 0 Å². The van der Waals surface area contributed by atoms with Gasteiger partial charge in [-0.3, -0.25) is 4.79 Å². The molecule has 0 spiro atoms. The van der Waals surface area contributed by atoms with Gasteiger partial charge in [0, 0.05) is 11.1 Å². The first-order valence-electron chi connectivity index (χ1n) is 7.79.